The smallest absolute Gasteiger partial charge is 0.362 e. The van der Waals surface area contributed by atoms with Crippen molar-refractivity contribution in [2.75, 3.05) is 0 Å². The molecule has 0 fully saturated rings. The summed E-state index contributed by atoms with van der Waals surface area (Å²) in [6.07, 6.45) is -4.80. The summed E-state index contributed by atoms with van der Waals surface area (Å²) in [6, 6.07) is 7.47. The molecule has 1 atom stereocenters. The number of carbonyl (C=O) groups is 1. The summed E-state index contributed by atoms with van der Waals surface area (Å²) < 4.78 is 39.5. The lowest BCUT2D eigenvalue weighted by Gasteiger charge is -2.32. The molecule has 4 nitrogen and oxygen atoms in total. The van der Waals surface area contributed by atoms with E-state index >= 15 is 0 Å². The van der Waals surface area contributed by atoms with Gasteiger partial charge in [0.05, 0.1) is 0 Å². The molecular weight excluding hydrogens is 285 g/mol. The molecule has 1 aromatic carbocycles. The lowest BCUT2D eigenvalue weighted by atomic mass is 10.0. The van der Waals surface area contributed by atoms with Gasteiger partial charge in [-0.3, -0.25) is 4.79 Å². The second-order valence-corrected chi connectivity index (χ2v) is 4.89. The summed E-state index contributed by atoms with van der Waals surface area (Å²) >= 11 is 0. The fourth-order valence-corrected chi connectivity index (χ4v) is 2.18. The Kier molecular flexibility index (Phi) is 4.04. The van der Waals surface area contributed by atoms with Crippen LogP contribution in [0, 0.1) is 0 Å². The fourth-order valence-electron chi connectivity index (χ4n) is 2.18. The van der Waals surface area contributed by atoms with Gasteiger partial charge in [-0.05, 0) is 18.6 Å². The highest BCUT2D eigenvalue weighted by Gasteiger charge is 2.63. The van der Waals surface area contributed by atoms with Gasteiger partial charge in [0.25, 0.3) is 11.6 Å². The van der Waals surface area contributed by atoms with Gasteiger partial charge in [-0.1, -0.05) is 31.5 Å². The van der Waals surface area contributed by atoms with Gasteiger partial charge in [-0.2, -0.15) is 23.3 Å². The van der Waals surface area contributed by atoms with Crippen LogP contribution in [0.5, 0.6) is 0 Å². The highest BCUT2D eigenvalue weighted by atomic mass is 19.4. The minimum atomic E-state index is -4.98. The lowest BCUT2D eigenvalue weighted by molar-refractivity contribution is -0.297. The maximum Gasteiger partial charge on any atom is 0.438 e. The van der Waals surface area contributed by atoms with Crippen LogP contribution in [0.15, 0.2) is 35.4 Å². The van der Waals surface area contributed by atoms with Gasteiger partial charge in [0.2, 0.25) is 0 Å². The van der Waals surface area contributed by atoms with Crippen LogP contribution in [0.4, 0.5) is 13.2 Å². The summed E-state index contributed by atoms with van der Waals surface area (Å²) in [5, 5.41) is 13.8. The van der Waals surface area contributed by atoms with E-state index in [2.05, 4.69) is 5.10 Å². The number of amides is 1. The van der Waals surface area contributed by atoms with Crippen molar-refractivity contribution >= 4 is 11.6 Å². The first-order valence-electron chi connectivity index (χ1n) is 6.54. The number of hydrogen-bond acceptors (Lipinski definition) is 3. The first-order chi connectivity index (χ1) is 9.79. The summed E-state index contributed by atoms with van der Waals surface area (Å²) in [6.45, 7) is 1.79. The van der Waals surface area contributed by atoms with E-state index in [1.54, 1.807) is 13.0 Å². The van der Waals surface area contributed by atoms with Crippen LogP contribution < -0.4 is 0 Å². The molecule has 0 aromatic heterocycles. The molecule has 0 bridgehead atoms. The van der Waals surface area contributed by atoms with Gasteiger partial charge in [-0.15, -0.1) is 0 Å². The predicted octanol–water partition coefficient (Wildman–Crippen LogP) is 2.94. The predicted molar refractivity (Wildman–Crippen MR) is 70.6 cm³/mol. The van der Waals surface area contributed by atoms with E-state index in [9.17, 15) is 23.1 Å². The molecular formula is C14H15F3N2O2. The Morgan fingerprint density at radius 3 is 2.52 bits per heavy atom. The molecule has 0 spiro atoms. The Balaban J connectivity index is 2.39. The Morgan fingerprint density at radius 2 is 2.00 bits per heavy atom. The molecule has 2 rings (SSSR count). The number of hydrazone groups is 1. The summed E-state index contributed by atoms with van der Waals surface area (Å²) in [5.41, 5.74) is -3.06. The third-order valence-electron chi connectivity index (χ3n) is 3.25. The van der Waals surface area contributed by atoms with E-state index in [1.165, 1.54) is 24.3 Å². The SMILES string of the molecule is CCCC1=NN(C(=O)c2ccccc2)[C@@](O)(C(F)(F)F)C1. The van der Waals surface area contributed by atoms with Gasteiger partial charge >= 0.3 is 6.18 Å². The number of aliphatic hydroxyl groups is 1. The van der Waals surface area contributed by atoms with Crippen molar-refractivity contribution in [3.05, 3.63) is 35.9 Å². The molecule has 0 unspecified atom stereocenters. The highest BCUT2D eigenvalue weighted by molar-refractivity contribution is 5.98. The normalized spacial score (nSPS) is 22.3. The lowest BCUT2D eigenvalue weighted by Crippen LogP contribution is -2.56. The van der Waals surface area contributed by atoms with Crippen molar-refractivity contribution < 1.29 is 23.1 Å². The van der Waals surface area contributed by atoms with Crippen LogP contribution >= 0.6 is 0 Å². The quantitative estimate of drug-likeness (QED) is 0.933. The van der Waals surface area contributed by atoms with Crippen molar-refractivity contribution in [2.45, 2.75) is 38.1 Å². The molecule has 1 heterocycles. The summed E-state index contributed by atoms with van der Waals surface area (Å²) in [4.78, 5) is 12.2. The Bertz CT molecular complexity index is 557. The van der Waals surface area contributed by atoms with Gasteiger partial charge in [0, 0.05) is 17.7 Å². The van der Waals surface area contributed by atoms with Crippen molar-refractivity contribution in [3.8, 4) is 0 Å². The number of alkyl halides is 3. The van der Waals surface area contributed by atoms with Crippen LogP contribution in [0.2, 0.25) is 0 Å². The van der Waals surface area contributed by atoms with E-state index in [-0.39, 0.29) is 16.3 Å². The van der Waals surface area contributed by atoms with E-state index in [0.717, 1.165) is 0 Å². The third kappa shape index (κ3) is 2.78. The third-order valence-corrected chi connectivity index (χ3v) is 3.25. The number of benzene rings is 1. The largest absolute Gasteiger partial charge is 0.438 e. The molecule has 0 saturated heterocycles. The molecule has 21 heavy (non-hydrogen) atoms. The maximum absolute atomic E-state index is 13.2. The number of carbonyl (C=O) groups excluding carboxylic acids is 1. The van der Waals surface area contributed by atoms with Crippen molar-refractivity contribution in [2.24, 2.45) is 5.10 Å². The minimum Gasteiger partial charge on any atom is -0.362 e. The minimum absolute atomic E-state index is 0.0432. The molecule has 1 amide bonds. The average Bonchev–Trinajstić information content (AvgIpc) is 2.77. The molecule has 0 radical (unpaired) electrons. The maximum atomic E-state index is 13.2. The number of nitrogens with zero attached hydrogens (tertiary/aromatic N) is 2. The molecule has 1 aromatic rings. The van der Waals surface area contributed by atoms with Gasteiger partial charge < -0.3 is 5.11 Å². The Morgan fingerprint density at radius 1 is 1.38 bits per heavy atom. The molecule has 7 heteroatoms. The fraction of sp³-hybridized carbons (Fsp3) is 0.429. The topological polar surface area (TPSA) is 52.9 Å². The Labute approximate surface area is 119 Å². The van der Waals surface area contributed by atoms with E-state index in [4.69, 9.17) is 0 Å². The molecule has 114 valence electrons. The van der Waals surface area contributed by atoms with Crippen LogP contribution in [0.3, 0.4) is 0 Å². The zero-order valence-corrected chi connectivity index (χ0v) is 11.4. The summed E-state index contributed by atoms with van der Waals surface area (Å²) in [5.74, 6) is -0.971. The molecule has 1 aliphatic heterocycles. The van der Waals surface area contributed by atoms with Crippen LogP contribution in [-0.4, -0.2) is 33.6 Å². The second-order valence-electron chi connectivity index (χ2n) is 4.89. The number of rotatable bonds is 3. The van der Waals surface area contributed by atoms with E-state index < -0.39 is 24.2 Å². The highest BCUT2D eigenvalue weighted by Crippen LogP contribution is 2.41. The zero-order chi connectivity index (χ0) is 15.7. The second kappa shape index (κ2) is 5.48. The first kappa shape index (κ1) is 15.5. The van der Waals surface area contributed by atoms with Gasteiger partial charge in [0.15, 0.2) is 0 Å². The number of hydrogen-bond donors (Lipinski definition) is 1. The molecule has 0 aliphatic carbocycles. The monoisotopic (exact) mass is 300 g/mol. The first-order valence-corrected chi connectivity index (χ1v) is 6.54. The summed E-state index contributed by atoms with van der Waals surface area (Å²) in [7, 11) is 0. The van der Waals surface area contributed by atoms with Crippen LogP contribution in [-0.2, 0) is 0 Å². The van der Waals surface area contributed by atoms with Crippen LogP contribution in [0.1, 0.15) is 36.5 Å². The Hall–Kier alpha value is -1.89. The molecule has 1 N–H and O–H groups in total. The van der Waals surface area contributed by atoms with E-state index in [1.807, 2.05) is 0 Å². The van der Waals surface area contributed by atoms with Crippen molar-refractivity contribution in [3.63, 3.8) is 0 Å². The van der Waals surface area contributed by atoms with Gasteiger partial charge in [0.1, 0.15) is 0 Å². The van der Waals surface area contributed by atoms with Crippen molar-refractivity contribution in [1.82, 2.24) is 5.01 Å². The molecule has 1 aliphatic rings. The zero-order valence-electron chi connectivity index (χ0n) is 11.4. The average molecular weight is 300 g/mol. The standard InChI is InChI=1S/C14H15F3N2O2/c1-2-6-11-9-13(21,14(15,16)17)19(18-11)12(20)10-7-4-3-5-8-10/h3-5,7-8,21H,2,6,9H2,1H3/t13-/m0/s1. The van der Waals surface area contributed by atoms with E-state index in [0.29, 0.717) is 12.8 Å². The molecule has 0 saturated carbocycles. The number of halogens is 3. The van der Waals surface area contributed by atoms with Gasteiger partial charge in [-0.25, -0.2) is 0 Å². The van der Waals surface area contributed by atoms with Crippen LogP contribution in [0.25, 0.3) is 0 Å². The van der Waals surface area contributed by atoms with Crippen molar-refractivity contribution in [1.29, 1.82) is 0 Å².